The minimum Gasteiger partial charge on any atom is -0.680 e. The van der Waals surface area contributed by atoms with E-state index < -0.39 is 20.5 Å². The van der Waals surface area contributed by atoms with Gasteiger partial charge in [-0.1, -0.05) is 317 Å². The van der Waals surface area contributed by atoms with Gasteiger partial charge in [-0.3, -0.25) is 34.4 Å². The van der Waals surface area contributed by atoms with E-state index in [-0.39, 0.29) is 76.4 Å². The summed E-state index contributed by atoms with van der Waals surface area (Å²) in [5, 5.41) is 31.5. The molecule has 4 saturated heterocycles. The quantitative estimate of drug-likeness (QED) is 0.0226. The number of hydrogen-bond donors (Lipinski definition) is 6. The van der Waals surface area contributed by atoms with E-state index in [4.69, 9.17) is 16.2 Å². The van der Waals surface area contributed by atoms with Crippen LogP contribution in [0.1, 0.15) is 147 Å². The van der Waals surface area contributed by atoms with Crippen molar-refractivity contribution in [2.75, 3.05) is 74.9 Å². The summed E-state index contributed by atoms with van der Waals surface area (Å²) in [7, 11) is 16.3. The smallest absolute Gasteiger partial charge is 0.235 e. The van der Waals surface area contributed by atoms with Crippen LogP contribution in [0.2, 0.25) is 0 Å². The monoisotopic (exact) mass is 1990 g/mol. The maximum atomic E-state index is 14.2. The van der Waals surface area contributed by atoms with Crippen LogP contribution < -0.4 is 47.4 Å². The first-order valence-corrected chi connectivity index (χ1v) is 56.1. The van der Waals surface area contributed by atoms with Gasteiger partial charge in [0.1, 0.15) is 6.08 Å². The molecule has 10 aliphatic heterocycles. The third kappa shape index (κ3) is 22.2. The van der Waals surface area contributed by atoms with Gasteiger partial charge >= 0.3 is 0 Å². The highest BCUT2D eigenvalue weighted by Crippen LogP contribution is 2.66. The molecule has 0 aromatic heterocycles. The Labute approximate surface area is 842 Å². The number of aliphatic imine (C=N–C) groups is 1. The second-order valence-corrected chi connectivity index (χ2v) is 49.0. The number of allylic oxidation sites excluding steroid dienone is 16. The minimum absolute atomic E-state index is 0.0420. The fourth-order valence-electron chi connectivity index (χ4n) is 20.1. The van der Waals surface area contributed by atoms with Crippen LogP contribution in [-0.4, -0.2) is 140 Å². The van der Waals surface area contributed by atoms with E-state index in [1.807, 2.05) is 85.7 Å². The summed E-state index contributed by atoms with van der Waals surface area (Å²) in [4.78, 5) is 76.4. The molecule has 11 aliphatic rings. The van der Waals surface area contributed by atoms with Crippen LogP contribution in [0, 0.1) is 0 Å². The van der Waals surface area contributed by atoms with Crippen molar-refractivity contribution in [2.45, 2.75) is 154 Å². The van der Waals surface area contributed by atoms with Crippen molar-refractivity contribution in [3.05, 3.63) is 330 Å². The van der Waals surface area contributed by atoms with Crippen LogP contribution >= 0.6 is 86.4 Å². The van der Waals surface area contributed by atoms with Crippen molar-refractivity contribution in [3.8, 4) is 11.1 Å². The van der Waals surface area contributed by atoms with Gasteiger partial charge in [0.2, 0.25) is 39.3 Å². The number of benzene rings is 10. The zero-order valence-corrected chi connectivity index (χ0v) is 86.4. The number of Topliss-reactive ketones (excluding diaryl/α,β-unsaturated/α-hetero) is 1. The maximum Gasteiger partial charge on any atom is 0.235 e. The number of nitrogens with zero attached hydrogens (tertiary/aromatic N) is 5. The number of amides is 4. The number of unbranched alkanes of at least 4 members (excludes halogenated alkanes) is 1. The Kier molecular flexibility index (Phi) is 32.2. The fourth-order valence-corrected chi connectivity index (χ4v) is 24.0. The van der Waals surface area contributed by atoms with Crippen LogP contribution in [0.15, 0.2) is 296 Å². The highest BCUT2D eigenvalue weighted by Gasteiger charge is 2.56. The van der Waals surface area contributed by atoms with Crippen LogP contribution in [0.3, 0.4) is 0 Å². The number of carbonyl (C=O) groups excluding carboxylic acids is 5. The Morgan fingerprint density at radius 1 is 0.493 bits per heavy atom. The molecule has 19 nitrogen and oxygen atoms in total. The molecule has 0 radical (unpaired) electrons. The van der Waals surface area contributed by atoms with Crippen molar-refractivity contribution < 1.29 is 43.0 Å². The molecule has 2 spiro atoms. The van der Waals surface area contributed by atoms with Crippen LogP contribution in [-0.2, 0) is 50.4 Å². The summed E-state index contributed by atoms with van der Waals surface area (Å²) in [6, 6.07) is 67.3. The Morgan fingerprint density at radius 3 is 1.33 bits per heavy atom. The summed E-state index contributed by atoms with van der Waals surface area (Å²) >= 11 is 0. The maximum absolute atomic E-state index is 14.2. The molecule has 21 rings (SSSR count). The first-order valence-electron chi connectivity index (χ1n) is 47.1. The second kappa shape index (κ2) is 44.2. The standard InChI is InChI=1S/C49H54N6O3S2.C42H40N4O2S2.C16H15NO2.C2H4S2.CH4N.CH2S2/c1-47(2)40-21-8-6-5-7-9-22-41-48(3,4)45-36-19-13-11-17-34(36)24-26-39(45)55(41)31-28-43(57)53-52-37(20-14-15-29-50)46(58)49(59-60-49)32-51-42(56)27-30-54(40)38-25-23-33-16-10-12-18-35(33)44(38)47;1-40(2)34-18-8-6-5-7-9-19-35-41(3,4)39-31-17-13-11-15-29(31)21-23-33(39)46(35)27-25-37(48)44-42(49-50-42)43-36(47)24-26-45(34)32-22-20-28-14-10-12-16-30(28)38(32)40;1-17-16(18)19-10-15-13-8-4-2-6-11(13)12-7-3-5-9-14(12)15;1-2-3-4-2;1-2;1-2-3-1/h5-13,16-19,21-26,37,52H,14-15,20,27-32,50H2,1-4H3,(H-,51,53,56,57);5-23H,24-27H2,1-4H3,(H-,43,44,47,48);2-9,15H,10H2,1H3,(H,17,18);2H,1H3;2H,1H3;1H2/q;;;;-1;/p+1/t37-;;;;;/m0...../s1. The first-order chi connectivity index (χ1) is 66.7. The number of rotatable bonds is 6. The van der Waals surface area contributed by atoms with Crippen LogP contribution in [0.5, 0.6) is 0 Å². The van der Waals surface area contributed by atoms with Gasteiger partial charge in [0.05, 0.1) is 45.9 Å². The van der Waals surface area contributed by atoms with Crippen molar-refractivity contribution in [3.63, 3.8) is 0 Å². The van der Waals surface area contributed by atoms with Crippen molar-refractivity contribution in [2.24, 2.45) is 10.7 Å². The van der Waals surface area contributed by atoms with Crippen LogP contribution in [0.4, 0.5) is 22.7 Å². The lowest BCUT2D eigenvalue weighted by Gasteiger charge is -2.27. The van der Waals surface area contributed by atoms with E-state index in [0.29, 0.717) is 58.6 Å². The lowest BCUT2D eigenvalue weighted by Crippen LogP contribution is -2.53. The number of nitrogens with two attached hydrogens (primary N) is 1. The molecule has 0 bridgehead atoms. The average Bonchev–Trinajstić information content (AvgIpc) is 1.58. The topological polar surface area (TPSA) is 252 Å². The highest BCUT2D eigenvalue weighted by atomic mass is 33.2. The third-order valence-corrected chi connectivity index (χ3v) is 35.4. The van der Waals surface area contributed by atoms with E-state index in [2.05, 4.69) is 350 Å². The molecule has 27 heteroatoms. The predicted octanol–water partition coefficient (Wildman–Crippen LogP) is 23.1. The van der Waals surface area contributed by atoms with E-state index in [9.17, 15) is 29.1 Å². The number of nitrogens with one attached hydrogen (secondary N) is 6. The van der Waals surface area contributed by atoms with Gasteiger partial charge in [0, 0.05) is 115 Å². The summed E-state index contributed by atoms with van der Waals surface area (Å²) in [5.74, 6) is -0.433. The molecule has 8 N–H and O–H groups in total. The number of hydrazine groups is 1. The summed E-state index contributed by atoms with van der Waals surface area (Å²) in [5.41, 5.74) is 35.3. The zero-order valence-electron chi connectivity index (χ0n) is 79.8. The number of hydrogen-bond acceptors (Lipinski definition) is 20. The molecular formula is C111H120N12O7S8. The Balaban J connectivity index is 0.000000157. The van der Waals surface area contributed by atoms with Crippen molar-refractivity contribution in [1.29, 1.82) is 0 Å². The van der Waals surface area contributed by atoms with E-state index in [0.717, 1.165) is 63.0 Å². The van der Waals surface area contributed by atoms with Gasteiger partial charge in [-0.15, -0.1) is 0 Å². The van der Waals surface area contributed by atoms with Crippen molar-refractivity contribution >= 4 is 199 Å². The van der Waals surface area contributed by atoms with Gasteiger partial charge < -0.3 is 47.1 Å². The summed E-state index contributed by atoms with van der Waals surface area (Å²) in [6.07, 6.45) is 31.9. The fraction of sp³-hybridized carbons (Fsp3) is 0.315. The Bertz CT molecular complexity index is 6640. The van der Waals surface area contributed by atoms with E-state index >= 15 is 0 Å². The number of ether oxygens (including phenoxy) is 1. The minimum atomic E-state index is -0.829. The molecule has 4 amide bonds. The lowest BCUT2D eigenvalue weighted by molar-refractivity contribution is -0.436. The number of carbonyl (C=O) groups is 5. The lowest BCUT2D eigenvalue weighted by atomic mass is 9.79. The molecular weight excluding hydrogens is 1870 g/mol. The van der Waals surface area contributed by atoms with Gasteiger partial charge in [-0.25, -0.2) is 5.43 Å². The van der Waals surface area contributed by atoms with Gasteiger partial charge in [0.15, 0.2) is 34.4 Å². The molecule has 1 atom stereocenters. The largest absolute Gasteiger partial charge is 0.680 e. The predicted molar refractivity (Wildman–Crippen MR) is 588 cm³/mol. The molecule has 1 aliphatic carbocycles. The molecule has 138 heavy (non-hydrogen) atoms. The first kappa shape index (κ1) is 101. The van der Waals surface area contributed by atoms with Crippen LogP contribution in [0.25, 0.3) is 60.0 Å². The second-order valence-electron chi connectivity index (χ2n) is 37.1. The normalized spacial score (nSPS) is 22.4. The van der Waals surface area contributed by atoms with Gasteiger partial charge in [-0.05, 0) is 188 Å². The molecule has 10 heterocycles. The molecule has 4 fully saturated rings. The number of fused-ring (bicyclic) bond motifs is 21. The zero-order chi connectivity index (χ0) is 97.1. The molecule has 10 aromatic carbocycles. The average molecular weight is 1990 g/mol. The SMILES string of the molecule is C1SS1.CC1(C)C2=[N+](CCC(=O)NC3(NC(=O)CCN4/C(=C/C=C/C=C/C=C/2)C(C)(C)c2c4ccc4ccccc24)SS3)c2ccc3ccccc3c21.CC1(C)C2=[N+](CCC(=O)NCC3(SS3)C(=O)[C@H](CCCCN)NNC(=O)CCN3/C(=C/C=C/C=C/C=C/2)C(C)(C)c2c3ccc3ccccc23)c2ccc3ccccc3c21.CC1SS1.CN=C([O-])OCC1c2ccccc2-c2ccccc21.C[NH-]. The molecule has 0 unspecified atom stereocenters. The Hall–Kier alpha value is -10.4. The number of ketones is 1. The highest BCUT2D eigenvalue weighted by molar-refractivity contribution is 8.94. The summed E-state index contributed by atoms with van der Waals surface area (Å²) in [6.45, 7) is 23.4. The number of anilines is 2. The van der Waals surface area contributed by atoms with Gasteiger partial charge in [0.25, 0.3) is 0 Å². The Morgan fingerprint density at radius 2 is 0.899 bits per heavy atom. The molecule has 0 saturated carbocycles. The van der Waals surface area contributed by atoms with E-state index in [1.54, 1.807) is 0 Å². The van der Waals surface area contributed by atoms with E-state index in [1.165, 1.54) is 150 Å². The summed E-state index contributed by atoms with van der Waals surface area (Å²) < 4.78 is 9.03. The van der Waals surface area contributed by atoms with Gasteiger partial charge in [-0.2, -0.15) is 16.2 Å². The van der Waals surface area contributed by atoms with Crippen molar-refractivity contribution in [1.82, 2.24) is 26.8 Å². The molecule has 714 valence electrons. The third-order valence-electron chi connectivity index (χ3n) is 26.8. The molecule has 10 aromatic rings.